The molecule has 8 heteroatoms. The molecule has 2 N–H and O–H groups in total. The van der Waals surface area contributed by atoms with Crippen molar-refractivity contribution in [1.82, 2.24) is 15.6 Å². The van der Waals surface area contributed by atoms with Crippen LogP contribution in [0.2, 0.25) is 0 Å². The molecule has 2 aliphatic carbocycles. The van der Waals surface area contributed by atoms with Crippen LogP contribution in [0, 0.1) is 17.8 Å². The van der Waals surface area contributed by atoms with E-state index in [2.05, 4.69) is 34.6 Å². The van der Waals surface area contributed by atoms with Crippen LogP contribution in [0.5, 0.6) is 0 Å². The van der Waals surface area contributed by atoms with Crippen molar-refractivity contribution in [3.8, 4) is 0 Å². The number of nitrogens with one attached hydrogen (secondary N) is 2. The van der Waals surface area contributed by atoms with Crippen LogP contribution < -0.4 is 10.7 Å². The van der Waals surface area contributed by atoms with E-state index in [1.165, 1.54) is 12.8 Å². The van der Waals surface area contributed by atoms with Crippen LogP contribution in [0.4, 0.5) is 0 Å². The third kappa shape index (κ3) is 7.46. The van der Waals surface area contributed by atoms with Crippen molar-refractivity contribution in [3.63, 3.8) is 0 Å². The van der Waals surface area contributed by atoms with Crippen LogP contribution in [0.15, 0.2) is 5.10 Å². The van der Waals surface area contributed by atoms with Crippen LogP contribution in [-0.2, 0) is 14.4 Å². The van der Waals surface area contributed by atoms with Gasteiger partial charge in [0.2, 0.25) is 11.7 Å². The van der Waals surface area contributed by atoms with Gasteiger partial charge in [0.25, 0.3) is 0 Å². The zero-order valence-electron chi connectivity index (χ0n) is 20.6. The van der Waals surface area contributed by atoms with E-state index in [1.807, 2.05) is 7.05 Å². The van der Waals surface area contributed by atoms with Gasteiger partial charge in [0.15, 0.2) is 5.17 Å². The molecule has 2 saturated carbocycles. The molecule has 1 heterocycles. The Morgan fingerprint density at radius 1 is 1.00 bits per heavy atom. The summed E-state index contributed by atoms with van der Waals surface area (Å²) in [6, 6.07) is -0.362. The van der Waals surface area contributed by atoms with Gasteiger partial charge < -0.3 is 10.2 Å². The van der Waals surface area contributed by atoms with Gasteiger partial charge in [-0.1, -0.05) is 70.6 Å². The smallest absolute Gasteiger partial charge is 0.309 e. The van der Waals surface area contributed by atoms with E-state index < -0.39 is 17.7 Å². The van der Waals surface area contributed by atoms with Gasteiger partial charge in [-0.3, -0.25) is 14.4 Å². The van der Waals surface area contributed by atoms with Crippen molar-refractivity contribution >= 4 is 34.5 Å². The summed E-state index contributed by atoms with van der Waals surface area (Å²) in [5, 5.41) is 8.02. The minimum Gasteiger partial charge on any atom is -0.349 e. The zero-order valence-corrected chi connectivity index (χ0v) is 21.4. The Hall–Kier alpha value is -1.57. The summed E-state index contributed by atoms with van der Waals surface area (Å²) >= 11 is 1.60. The average Bonchev–Trinajstić information content (AvgIpc) is 2.99. The van der Waals surface area contributed by atoms with Gasteiger partial charge >= 0.3 is 5.91 Å². The molecule has 2 amide bonds. The van der Waals surface area contributed by atoms with E-state index in [1.54, 1.807) is 11.8 Å². The highest BCUT2D eigenvalue weighted by atomic mass is 32.2. The fourth-order valence-corrected chi connectivity index (χ4v) is 6.56. The molecule has 0 spiro atoms. The number of thioether (sulfide) groups is 1. The van der Waals surface area contributed by atoms with E-state index in [-0.39, 0.29) is 17.7 Å². The van der Waals surface area contributed by atoms with E-state index in [0.29, 0.717) is 12.0 Å². The second-order valence-corrected chi connectivity index (χ2v) is 11.5. The average molecular weight is 479 g/mol. The molecule has 3 rings (SSSR count). The topological polar surface area (TPSA) is 90.9 Å². The highest BCUT2D eigenvalue weighted by Crippen LogP contribution is 2.29. The lowest BCUT2D eigenvalue weighted by Crippen LogP contribution is -2.52. The summed E-state index contributed by atoms with van der Waals surface area (Å²) in [5.41, 5.74) is 2.50. The second kappa shape index (κ2) is 12.8. The number of amidine groups is 1. The number of amides is 2. The summed E-state index contributed by atoms with van der Waals surface area (Å²) in [4.78, 5) is 41.1. The lowest BCUT2D eigenvalue weighted by molar-refractivity contribution is -0.141. The molecular weight excluding hydrogens is 436 g/mol. The fourth-order valence-electron chi connectivity index (χ4n) is 5.39. The molecule has 0 bridgehead atoms. The molecule has 33 heavy (non-hydrogen) atoms. The van der Waals surface area contributed by atoms with Gasteiger partial charge in [-0.05, 0) is 43.9 Å². The van der Waals surface area contributed by atoms with Crippen LogP contribution >= 0.6 is 11.8 Å². The summed E-state index contributed by atoms with van der Waals surface area (Å²) < 4.78 is 0. The van der Waals surface area contributed by atoms with Crippen molar-refractivity contribution in [2.75, 3.05) is 12.8 Å². The number of hydrogen-bond acceptors (Lipinski definition) is 5. The molecule has 0 aromatic rings. The molecule has 2 atom stereocenters. The highest BCUT2D eigenvalue weighted by molar-refractivity contribution is 8.14. The van der Waals surface area contributed by atoms with Crippen molar-refractivity contribution in [2.24, 2.45) is 22.9 Å². The van der Waals surface area contributed by atoms with Crippen molar-refractivity contribution in [3.05, 3.63) is 0 Å². The first-order valence-corrected chi connectivity index (χ1v) is 13.9. The normalized spacial score (nSPS) is 25.2. The van der Waals surface area contributed by atoms with Crippen molar-refractivity contribution in [1.29, 1.82) is 0 Å². The molecule has 3 fully saturated rings. The van der Waals surface area contributed by atoms with Crippen LogP contribution in [0.3, 0.4) is 0 Å². The maximum Gasteiger partial charge on any atom is 0.309 e. The highest BCUT2D eigenvalue weighted by Gasteiger charge is 2.36. The number of hydrogen-bond donors (Lipinski definition) is 2. The molecule has 7 nitrogen and oxygen atoms in total. The molecular formula is C25H42N4O3S. The molecule has 0 radical (unpaired) electrons. The number of carbonyl (C=O) groups excluding carboxylic acids is 3. The van der Waals surface area contributed by atoms with Crippen molar-refractivity contribution in [2.45, 2.75) is 103 Å². The SMILES string of the molecule is CC(C)C[C@@H]1CSC(=NNC(=O)C(=O)C(NC(=O)C2CCCCCC2)C2CCCCC2)N1C. The predicted octanol–water partition coefficient (Wildman–Crippen LogP) is 4.07. The minimum absolute atomic E-state index is 0.0262. The summed E-state index contributed by atoms with van der Waals surface area (Å²) in [5.74, 6) is 0.163. The monoisotopic (exact) mass is 478 g/mol. The minimum atomic E-state index is -0.746. The zero-order chi connectivity index (χ0) is 23.8. The first kappa shape index (κ1) is 26.0. The van der Waals surface area contributed by atoms with Gasteiger partial charge in [0, 0.05) is 24.8 Å². The van der Waals surface area contributed by atoms with Crippen molar-refractivity contribution < 1.29 is 14.4 Å². The maximum atomic E-state index is 13.2. The number of hydrazone groups is 1. The lowest BCUT2D eigenvalue weighted by atomic mass is 9.81. The van der Waals surface area contributed by atoms with E-state index >= 15 is 0 Å². The Kier molecular flexibility index (Phi) is 10.1. The molecule has 1 saturated heterocycles. The molecule has 3 aliphatic rings. The third-order valence-electron chi connectivity index (χ3n) is 7.40. The Morgan fingerprint density at radius 3 is 2.24 bits per heavy atom. The molecule has 186 valence electrons. The van der Waals surface area contributed by atoms with Crippen LogP contribution in [0.1, 0.15) is 90.9 Å². The predicted molar refractivity (Wildman–Crippen MR) is 134 cm³/mol. The number of ketones is 1. The van der Waals surface area contributed by atoms with Gasteiger partial charge in [0.1, 0.15) is 6.04 Å². The number of rotatable bonds is 8. The van der Waals surface area contributed by atoms with Gasteiger partial charge in [0.05, 0.1) is 0 Å². The Morgan fingerprint density at radius 2 is 1.61 bits per heavy atom. The van der Waals surface area contributed by atoms with Gasteiger partial charge in [-0.2, -0.15) is 0 Å². The largest absolute Gasteiger partial charge is 0.349 e. The molecule has 1 unspecified atom stereocenters. The van der Waals surface area contributed by atoms with Gasteiger partial charge in [-0.25, -0.2) is 5.43 Å². The molecule has 0 aromatic carbocycles. The maximum absolute atomic E-state index is 13.2. The quantitative estimate of drug-likeness (QED) is 0.312. The Labute approximate surface area is 203 Å². The standard InChI is InChI=1S/C25H42N4O3S/c1-17(2)15-20-16-33-25(29(20)3)28-27-24(32)22(30)21(18-11-9-6-10-12-18)26-23(31)19-13-7-4-5-8-14-19/h17-21H,4-16H2,1-3H3,(H,26,31)(H,27,32)/t20-,21?/m1/s1. The summed E-state index contributed by atoms with van der Waals surface area (Å²) in [6.45, 7) is 4.39. The summed E-state index contributed by atoms with van der Waals surface area (Å²) in [6.07, 6.45) is 12.2. The number of nitrogens with zero attached hydrogens (tertiary/aromatic N) is 2. The second-order valence-electron chi connectivity index (χ2n) is 10.5. The van der Waals surface area contributed by atoms with Gasteiger partial charge in [-0.15, -0.1) is 5.10 Å². The summed E-state index contributed by atoms with van der Waals surface area (Å²) in [7, 11) is 1.98. The van der Waals surface area contributed by atoms with E-state index in [9.17, 15) is 14.4 Å². The first-order valence-electron chi connectivity index (χ1n) is 12.9. The number of carbonyl (C=O) groups is 3. The van der Waals surface area contributed by atoms with E-state index in [4.69, 9.17) is 0 Å². The molecule has 0 aromatic heterocycles. The van der Waals surface area contributed by atoms with Crippen LogP contribution in [-0.4, -0.2) is 52.5 Å². The Balaban J connectivity index is 1.63. The Bertz CT molecular complexity index is 712. The van der Waals surface area contributed by atoms with E-state index in [0.717, 1.165) is 75.1 Å². The first-order chi connectivity index (χ1) is 15.9. The lowest BCUT2D eigenvalue weighted by Gasteiger charge is -2.30. The molecule has 1 aliphatic heterocycles. The fraction of sp³-hybridized carbons (Fsp3) is 0.840. The number of Topliss-reactive ketones (excluding diaryl/α,β-unsaturated/α-hetero) is 1. The third-order valence-corrected chi connectivity index (χ3v) is 8.59. The van der Waals surface area contributed by atoms with Crippen LogP contribution in [0.25, 0.3) is 0 Å².